The van der Waals surface area contributed by atoms with E-state index in [4.69, 9.17) is 4.43 Å². The Hall–Kier alpha value is -0.343. The van der Waals surface area contributed by atoms with Gasteiger partial charge in [0.1, 0.15) is 0 Å². The van der Waals surface area contributed by atoms with E-state index in [1.54, 1.807) is 5.20 Å². The molecule has 0 unspecified atom stereocenters. The maximum atomic E-state index is 6.04. The largest absolute Gasteiger partial charge is 0.413 e. The highest BCUT2D eigenvalue weighted by molar-refractivity contribution is 6.80. The minimum Gasteiger partial charge on any atom is -0.413 e. The van der Waals surface area contributed by atoms with Gasteiger partial charge in [0.15, 0.2) is 0 Å². The predicted molar refractivity (Wildman–Crippen MR) is 60.2 cm³/mol. The predicted octanol–water partition coefficient (Wildman–Crippen LogP) is 3.43. The van der Waals surface area contributed by atoms with Crippen LogP contribution in [0.25, 0.3) is 0 Å². The van der Waals surface area contributed by atoms with Crippen LogP contribution in [0, 0.1) is 0 Å². The van der Waals surface area contributed by atoms with Crippen molar-refractivity contribution in [3.8, 4) is 0 Å². The van der Waals surface area contributed by atoms with Gasteiger partial charge in [0.2, 0.25) is 8.32 Å². The summed E-state index contributed by atoms with van der Waals surface area (Å²) in [5.41, 5.74) is 0. The van der Waals surface area contributed by atoms with Crippen LogP contribution in [-0.4, -0.2) is 14.9 Å². The Morgan fingerprint density at radius 1 is 1.31 bits per heavy atom. The van der Waals surface area contributed by atoms with Crippen molar-refractivity contribution in [2.75, 3.05) is 6.61 Å². The maximum absolute atomic E-state index is 6.04. The number of hydrogen-bond donors (Lipinski definition) is 0. The monoisotopic (exact) mass is 196 g/mol. The highest BCUT2D eigenvalue weighted by atomic mass is 28.4. The van der Waals surface area contributed by atoms with Gasteiger partial charge in [0.25, 0.3) is 0 Å². The quantitative estimate of drug-likeness (QED) is 0.612. The molecule has 2 heteroatoms. The fraction of sp³-hybridized carbons (Fsp3) is 0.636. The van der Waals surface area contributed by atoms with E-state index < -0.39 is 8.32 Å². The van der Waals surface area contributed by atoms with E-state index in [0.29, 0.717) is 0 Å². The number of allylic oxidation sites excluding steroid dienone is 4. The molecule has 0 N–H and O–H groups in total. The average molecular weight is 196 g/mol. The highest BCUT2D eigenvalue weighted by Gasteiger charge is 2.34. The lowest BCUT2D eigenvalue weighted by Crippen LogP contribution is -2.39. The van der Waals surface area contributed by atoms with Gasteiger partial charge in [-0.1, -0.05) is 37.3 Å². The third-order valence-electron chi connectivity index (χ3n) is 2.92. The third-order valence-corrected chi connectivity index (χ3v) is 7.59. The molecular formula is C11H20OSi. The van der Waals surface area contributed by atoms with E-state index in [0.717, 1.165) is 13.0 Å². The van der Waals surface area contributed by atoms with Gasteiger partial charge in [-0.3, -0.25) is 0 Å². The first-order valence-electron chi connectivity index (χ1n) is 5.29. The smallest absolute Gasteiger partial charge is 0.219 e. The summed E-state index contributed by atoms with van der Waals surface area (Å²) in [6.45, 7) is 7.51. The fourth-order valence-corrected chi connectivity index (χ4v) is 5.51. The van der Waals surface area contributed by atoms with Crippen LogP contribution in [-0.2, 0) is 4.43 Å². The summed E-state index contributed by atoms with van der Waals surface area (Å²) in [5.74, 6) is 0. The van der Waals surface area contributed by atoms with E-state index in [1.165, 1.54) is 12.1 Å². The lowest BCUT2D eigenvalue weighted by Gasteiger charge is -2.30. The van der Waals surface area contributed by atoms with Crippen molar-refractivity contribution < 1.29 is 4.43 Å². The molecule has 13 heavy (non-hydrogen) atoms. The van der Waals surface area contributed by atoms with Crippen LogP contribution < -0.4 is 0 Å². The van der Waals surface area contributed by atoms with Gasteiger partial charge in [-0.25, -0.2) is 0 Å². The standard InChI is InChI=1S/C11H20OSi/c1-4-12-13(5-2,6-3)11-9-7-8-10-11/h7-9H,4-6,10H2,1-3H3. The molecule has 0 spiro atoms. The molecule has 0 aromatic carbocycles. The molecular weight excluding hydrogens is 176 g/mol. The van der Waals surface area contributed by atoms with Crippen molar-refractivity contribution in [3.05, 3.63) is 23.4 Å². The zero-order valence-electron chi connectivity index (χ0n) is 8.97. The van der Waals surface area contributed by atoms with Crippen molar-refractivity contribution >= 4 is 8.32 Å². The first kappa shape index (κ1) is 10.7. The van der Waals surface area contributed by atoms with Crippen LogP contribution in [0.15, 0.2) is 23.4 Å². The lowest BCUT2D eigenvalue weighted by atomic mass is 10.5. The SMILES string of the molecule is CCO[Si](CC)(CC)C1=CC=CC1. The zero-order valence-corrected chi connectivity index (χ0v) is 9.97. The Kier molecular flexibility index (Phi) is 3.94. The first-order valence-corrected chi connectivity index (χ1v) is 7.61. The molecule has 0 aromatic rings. The molecule has 0 fully saturated rings. The first-order chi connectivity index (χ1) is 6.29. The van der Waals surface area contributed by atoms with Gasteiger partial charge in [-0.05, 0) is 25.4 Å². The van der Waals surface area contributed by atoms with Gasteiger partial charge in [0.05, 0.1) is 0 Å². The molecule has 0 aliphatic heterocycles. The second-order valence-electron chi connectivity index (χ2n) is 3.46. The molecule has 0 saturated heterocycles. The van der Waals surface area contributed by atoms with Crippen LogP contribution in [0.1, 0.15) is 27.2 Å². The molecule has 1 aliphatic carbocycles. The Bertz CT molecular complexity index is 214. The molecule has 0 heterocycles. The summed E-state index contributed by atoms with van der Waals surface area (Å²) in [5, 5.41) is 1.58. The zero-order chi connectivity index (χ0) is 9.73. The van der Waals surface area contributed by atoms with Crippen LogP contribution in [0.2, 0.25) is 12.1 Å². The second kappa shape index (κ2) is 4.77. The molecule has 1 nitrogen and oxygen atoms in total. The summed E-state index contributed by atoms with van der Waals surface area (Å²) in [6, 6.07) is 2.43. The Morgan fingerprint density at radius 3 is 2.38 bits per heavy atom. The Morgan fingerprint density at radius 2 is 2.00 bits per heavy atom. The second-order valence-corrected chi connectivity index (χ2v) is 7.79. The summed E-state index contributed by atoms with van der Waals surface area (Å²) in [4.78, 5) is 0. The van der Waals surface area contributed by atoms with E-state index in [1.807, 2.05) is 0 Å². The van der Waals surface area contributed by atoms with Crippen LogP contribution in [0.3, 0.4) is 0 Å². The van der Waals surface area contributed by atoms with E-state index >= 15 is 0 Å². The molecule has 0 atom stereocenters. The number of rotatable bonds is 5. The maximum Gasteiger partial charge on any atom is 0.219 e. The van der Waals surface area contributed by atoms with Crippen LogP contribution in [0.5, 0.6) is 0 Å². The summed E-state index contributed by atoms with van der Waals surface area (Å²) in [7, 11) is -1.51. The van der Waals surface area contributed by atoms with Crippen molar-refractivity contribution in [2.45, 2.75) is 39.3 Å². The van der Waals surface area contributed by atoms with E-state index in [-0.39, 0.29) is 0 Å². The highest BCUT2D eigenvalue weighted by Crippen LogP contribution is 2.30. The molecule has 0 saturated carbocycles. The van der Waals surface area contributed by atoms with Crippen molar-refractivity contribution in [1.82, 2.24) is 0 Å². The summed E-state index contributed by atoms with van der Waals surface area (Å²) < 4.78 is 6.04. The molecule has 0 bridgehead atoms. The summed E-state index contributed by atoms with van der Waals surface area (Å²) >= 11 is 0. The Labute approximate surface area is 82.6 Å². The van der Waals surface area contributed by atoms with Crippen LogP contribution >= 0.6 is 0 Å². The number of hydrogen-bond acceptors (Lipinski definition) is 1. The minimum atomic E-state index is -1.51. The summed E-state index contributed by atoms with van der Waals surface area (Å²) in [6.07, 6.45) is 7.81. The molecule has 0 aromatic heterocycles. The molecule has 0 radical (unpaired) electrons. The van der Waals surface area contributed by atoms with Gasteiger partial charge in [-0.2, -0.15) is 0 Å². The topological polar surface area (TPSA) is 9.23 Å². The van der Waals surface area contributed by atoms with Gasteiger partial charge < -0.3 is 4.43 Å². The Balaban J connectivity index is 2.76. The molecule has 1 aliphatic rings. The third kappa shape index (κ3) is 2.12. The average Bonchev–Trinajstić information content (AvgIpc) is 2.68. The van der Waals surface area contributed by atoms with Crippen LogP contribution in [0.4, 0.5) is 0 Å². The lowest BCUT2D eigenvalue weighted by molar-refractivity contribution is 0.326. The molecule has 0 amide bonds. The minimum absolute atomic E-state index is 0.866. The fourth-order valence-electron chi connectivity index (χ4n) is 2.06. The van der Waals surface area contributed by atoms with Crippen molar-refractivity contribution in [1.29, 1.82) is 0 Å². The van der Waals surface area contributed by atoms with E-state index in [9.17, 15) is 0 Å². The van der Waals surface area contributed by atoms with Gasteiger partial charge in [0, 0.05) is 6.61 Å². The van der Waals surface area contributed by atoms with E-state index in [2.05, 4.69) is 39.0 Å². The molecule has 1 rings (SSSR count). The van der Waals surface area contributed by atoms with Gasteiger partial charge >= 0.3 is 0 Å². The van der Waals surface area contributed by atoms with Crippen molar-refractivity contribution in [3.63, 3.8) is 0 Å². The normalized spacial score (nSPS) is 16.4. The molecule has 74 valence electrons. The van der Waals surface area contributed by atoms with Crippen molar-refractivity contribution in [2.24, 2.45) is 0 Å². The van der Waals surface area contributed by atoms with Gasteiger partial charge in [-0.15, -0.1) is 0 Å².